The number of carbonyl (C=O) groups excluding carboxylic acids is 4. The van der Waals surface area contributed by atoms with Gasteiger partial charge in [-0.25, -0.2) is 0 Å². The molecule has 2 heterocycles. The molecule has 0 aliphatic carbocycles. The minimum Gasteiger partial charge on any atom is -0.497 e. The first-order chi connectivity index (χ1) is 21.0. The Morgan fingerprint density at radius 3 is 2.07 bits per heavy atom. The highest BCUT2D eigenvalue weighted by molar-refractivity contribution is 5.98. The summed E-state index contributed by atoms with van der Waals surface area (Å²) in [5, 5.41) is 5.78. The second kappa shape index (κ2) is 14.9. The van der Waals surface area contributed by atoms with Crippen LogP contribution in [0.1, 0.15) is 45.2 Å². The van der Waals surface area contributed by atoms with Gasteiger partial charge in [0.15, 0.2) is 5.78 Å². The monoisotopic (exact) mass is 607 g/mol. The first-order valence-corrected chi connectivity index (χ1v) is 15.3. The lowest BCUT2D eigenvalue weighted by molar-refractivity contribution is -0.135. The molecule has 2 fully saturated rings. The number of carbonyl (C=O) groups is 4. The largest absolute Gasteiger partial charge is 0.497 e. The van der Waals surface area contributed by atoms with Crippen LogP contribution in [0.15, 0.2) is 54.6 Å². The van der Waals surface area contributed by atoms with Gasteiger partial charge < -0.3 is 24.8 Å². The third-order valence-corrected chi connectivity index (χ3v) is 8.12. The summed E-state index contributed by atoms with van der Waals surface area (Å²) >= 11 is 0. The summed E-state index contributed by atoms with van der Waals surface area (Å²) in [7, 11) is 1.57. The van der Waals surface area contributed by atoms with Crippen LogP contribution in [0.4, 0.5) is 0 Å². The van der Waals surface area contributed by atoms with E-state index < -0.39 is 35.4 Å². The number of nitrogens with zero attached hydrogens (tertiary/aromatic N) is 1. The van der Waals surface area contributed by atoms with E-state index in [0.29, 0.717) is 25.4 Å². The zero-order chi connectivity index (χ0) is 31.9. The maximum atomic E-state index is 13.8. The summed E-state index contributed by atoms with van der Waals surface area (Å²) in [6.07, 6.45) is 0.601. The Labute approximate surface area is 259 Å². The van der Waals surface area contributed by atoms with Crippen LogP contribution in [0.25, 0.3) is 0 Å². The Morgan fingerprint density at radius 1 is 0.909 bits per heavy atom. The van der Waals surface area contributed by atoms with Gasteiger partial charge in [0.05, 0.1) is 38.5 Å². The summed E-state index contributed by atoms with van der Waals surface area (Å²) in [4.78, 5) is 55.5. The third kappa shape index (κ3) is 9.45. The highest BCUT2D eigenvalue weighted by Gasteiger charge is 2.50. The van der Waals surface area contributed by atoms with Crippen molar-refractivity contribution < 1.29 is 33.4 Å². The number of methoxy groups -OCH3 is 1. The summed E-state index contributed by atoms with van der Waals surface area (Å²) in [5.74, 6) is -1.13. The van der Waals surface area contributed by atoms with Crippen LogP contribution in [0.5, 0.6) is 5.75 Å². The molecule has 2 aromatic rings. The summed E-state index contributed by atoms with van der Waals surface area (Å²) in [6.45, 7) is 9.23. The zero-order valence-corrected chi connectivity index (χ0v) is 26.3. The first-order valence-electron chi connectivity index (χ1n) is 15.3. The standard InChI is InChI=1S/C34H45N3O7/c1-22(15-27(38)20-37-18-23(2)44-24(3)19-37)32(40)36-30(17-26-11-13-28(42-5)14-12-26)33(41)35-29(31(39)34(4)21-43-34)16-25-9-7-6-8-10-25/h6-14,22-24,29-30H,15-21H2,1-5H3,(H,35,41)(H,36,40)/t22?,23?,24?,29?,30-,34?/m0/s1. The molecular weight excluding hydrogens is 562 g/mol. The van der Waals surface area contributed by atoms with E-state index in [9.17, 15) is 19.2 Å². The van der Waals surface area contributed by atoms with Gasteiger partial charge in [-0.1, -0.05) is 49.4 Å². The molecule has 4 rings (SSSR count). The molecular formula is C34H45N3O7. The van der Waals surface area contributed by atoms with E-state index in [-0.39, 0.29) is 49.6 Å². The molecule has 10 nitrogen and oxygen atoms in total. The smallest absolute Gasteiger partial charge is 0.243 e. The van der Waals surface area contributed by atoms with Crippen molar-refractivity contribution in [1.29, 1.82) is 0 Å². The van der Waals surface area contributed by atoms with Crippen LogP contribution in [0.2, 0.25) is 0 Å². The lowest BCUT2D eigenvalue weighted by Crippen LogP contribution is -2.55. The highest BCUT2D eigenvalue weighted by atomic mass is 16.6. The maximum Gasteiger partial charge on any atom is 0.243 e. The molecule has 2 aliphatic rings. The second-order valence-electron chi connectivity index (χ2n) is 12.3. The Hall–Kier alpha value is -3.60. The summed E-state index contributed by atoms with van der Waals surface area (Å²) in [5.41, 5.74) is 0.753. The van der Waals surface area contributed by atoms with Crippen LogP contribution >= 0.6 is 0 Å². The van der Waals surface area contributed by atoms with Gasteiger partial charge in [0.1, 0.15) is 23.2 Å². The van der Waals surface area contributed by atoms with Crippen molar-refractivity contribution in [3.8, 4) is 5.75 Å². The minimum atomic E-state index is -0.978. The minimum absolute atomic E-state index is 0.0381. The number of hydrogen-bond acceptors (Lipinski definition) is 8. The number of morpholine rings is 1. The molecule has 2 aliphatic heterocycles. The van der Waals surface area contributed by atoms with Gasteiger partial charge in [0, 0.05) is 31.8 Å². The van der Waals surface area contributed by atoms with Gasteiger partial charge in [0.25, 0.3) is 0 Å². The van der Waals surface area contributed by atoms with Crippen molar-refractivity contribution in [2.24, 2.45) is 5.92 Å². The van der Waals surface area contributed by atoms with Crippen molar-refractivity contribution in [1.82, 2.24) is 15.5 Å². The number of rotatable bonds is 15. The van der Waals surface area contributed by atoms with E-state index in [1.54, 1.807) is 33.1 Å². The van der Waals surface area contributed by atoms with Crippen LogP contribution in [-0.4, -0.2) is 91.5 Å². The van der Waals surface area contributed by atoms with Crippen molar-refractivity contribution in [3.63, 3.8) is 0 Å². The Bertz CT molecular complexity index is 1290. The summed E-state index contributed by atoms with van der Waals surface area (Å²) < 4.78 is 16.4. The van der Waals surface area contributed by atoms with Crippen LogP contribution in [0.3, 0.4) is 0 Å². The molecule has 0 radical (unpaired) electrons. The Morgan fingerprint density at radius 2 is 1.48 bits per heavy atom. The molecule has 0 aromatic heterocycles. The normalized spacial score (nSPS) is 23.6. The molecule has 6 atom stereocenters. The molecule has 5 unspecified atom stereocenters. The van der Waals surface area contributed by atoms with Gasteiger partial charge in [-0.15, -0.1) is 0 Å². The average Bonchev–Trinajstić information content (AvgIpc) is 3.74. The molecule has 44 heavy (non-hydrogen) atoms. The fraction of sp³-hybridized carbons (Fsp3) is 0.529. The van der Waals surface area contributed by atoms with E-state index in [2.05, 4.69) is 15.5 Å². The van der Waals surface area contributed by atoms with Crippen LogP contribution < -0.4 is 15.4 Å². The van der Waals surface area contributed by atoms with E-state index in [4.69, 9.17) is 14.2 Å². The molecule has 10 heteroatoms. The fourth-order valence-corrected chi connectivity index (χ4v) is 5.63. The van der Waals surface area contributed by atoms with Crippen LogP contribution in [0, 0.1) is 5.92 Å². The van der Waals surface area contributed by atoms with E-state index in [0.717, 1.165) is 11.1 Å². The maximum absolute atomic E-state index is 13.8. The van der Waals surface area contributed by atoms with Crippen molar-refractivity contribution >= 4 is 23.4 Å². The van der Waals surface area contributed by atoms with E-state index >= 15 is 0 Å². The molecule has 2 amide bonds. The lowest BCUT2D eigenvalue weighted by atomic mass is 9.94. The highest BCUT2D eigenvalue weighted by Crippen LogP contribution is 2.29. The molecule has 238 valence electrons. The van der Waals surface area contributed by atoms with Crippen molar-refractivity contribution in [2.45, 2.75) is 76.9 Å². The lowest BCUT2D eigenvalue weighted by Gasteiger charge is -2.34. The summed E-state index contributed by atoms with van der Waals surface area (Å²) in [6, 6.07) is 14.8. The first kappa shape index (κ1) is 33.3. The fourth-order valence-electron chi connectivity index (χ4n) is 5.63. The van der Waals surface area contributed by atoms with E-state index in [1.165, 1.54) is 0 Å². The van der Waals surface area contributed by atoms with Gasteiger partial charge in [-0.05, 0) is 50.5 Å². The number of amides is 2. The third-order valence-electron chi connectivity index (χ3n) is 8.12. The molecule has 0 bridgehead atoms. The number of ketones is 2. The van der Waals surface area contributed by atoms with Gasteiger partial charge in [-0.3, -0.25) is 24.1 Å². The number of benzene rings is 2. The average molecular weight is 608 g/mol. The SMILES string of the molecule is COc1ccc(C[C@H](NC(=O)C(C)CC(=O)CN2CC(C)OC(C)C2)C(=O)NC(Cc2ccccc2)C(=O)C2(C)CO2)cc1. The number of nitrogens with one attached hydrogen (secondary N) is 2. The Balaban J connectivity index is 1.45. The molecule has 2 N–H and O–H groups in total. The Kier molecular flexibility index (Phi) is 11.3. The quantitative estimate of drug-likeness (QED) is 0.296. The number of ether oxygens (including phenoxy) is 3. The van der Waals surface area contributed by atoms with E-state index in [1.807, 2.05) is 56.3 Å². The van der Waals surface area contributed by atoms with Gasteiger partial charge in [0.2, 0.25) is 11.8 Å². The van der Waals surface area contributed by atoms with Crippen molar-refractivity contribution in [2.75, 3.05) is 33.4 Å². The zero-order valence-electron chi connectivity index (χ0n) is 26.3. The van der Waals surface area contributed by atoms with Gasteiger partial charge in [-0.2, -0.15) is 0 Å². The number of Topliss-reactive ketones (excluding diaryl/α,β-unsaturated/α-hetero) is 2. The van der Waals surface area contributed by atoms with Gasteiger partial charge >= 0.3 is 0 Å². The predicted molar refractivity (Wildman–Crippen MR) is 165 cm³/mol. The molecule has 2 aromatic carbocycles. The second-order valence-corrected chi connectivity index (χ2v) is 12.3. The van der Waals surface area contributed by atoms with Crippen LogP contribution in [-0.2, 0) is 41.5 Å². The van der Waals surface area contributed by atoms with Crippen molar-refractivity contribution in [3.05, 3.63) is 65.7 Å². The molecule has 0 saturated carbocycles. The number of epoxide rings is 1. The number of hydrogen-bond donors (Lipinski definition) is 2. The molecule has 0 spiro atoms. The molecule has 2 saturated heterocycles. The predicted octanol–water partition coefficient (Wildman–Crippen LogP) is 2.51. The topological polar surface area (TPSA) is 127 Å².